The third kappa shape index (κ3) is 2.02. The molecule has 14 heavy (non-hydrogen) atoms. The quantitative estimate of drug-likeness (QED) is 0.731. The zero-order valence-electron chi connectivity index (χ0n) is 7.92. The summed E-state index contributed by atoms with van der Waals surface area (Å²) in [7, 11) is 1.63. The summed E-state index contributed by atoms with van der Waals surface area (Å²) < 4.78 is 4.98. The summed E-state index contributed by atoms with van der Waals surface area (Å²) in [6.07, 6.45) is 2.17. The van der Waals surface area contributed by atoms with Crippen molar-refractivity contribution in [1.29, 1.82) is 0 Å². The number of ether oxygens (including phenoxy) is 1. The average Bonchev–Trinajstić information content (AvgIpc) is 2.18. The van der Waals surface area contributed by atoms with E-state index in [0.717, 1.165) is 29.2 Å². The van der Waals surface area contributed by atoms with E-state index in [1.165, 1.54) is 0 Å². The van der Waals surface area contributed by atoms with Gasteiger partial charge in [0.15, 0.2) is 5.82 Å². The van der Waals surface area contributed by atoms with E-state index in [1.54, 1.807) is 18.9 Å². The number of aromatic nitrogens is 2. The Morgan fingerprint density at radius 1 is 1.50 bits per heavy atom. The van der Waals surface area contributed by atoms with Gasteiger partial charge >= 0.3 is 0 Å². The van der Waals surface area contributed by atoms with Gasteiger partial charge in [0.05, 0.1) is 10.6 Å². The van der Waals surface area contributed by atoms with E-state index in [0.29, 0.717) is 17.6 Å². The van der Waals surface area contributed by atoms with Gasteiger partial charge in [-0.2, -0.15) is 0 Å². The number of hydrogen-bond acceptors (Lipinski definition) is 4. The van der Waals surface area contributed by atoms with Crippen LogP contribution in [0.5, 0.6) is 0 Å². The SMILES string of the molecule is COCc1nc(Cl)c2c(n1)CCCS2. The van der Waals surface area contributed by atoms with Crippen LogP contribution in [0.15, 0.2) is 4.90 Å². The van der Waals surface area contributed by atoms with E-state index in [-0.39, 0.29) is 0 Å². The number of fused-ring (bicyclic) bond motifs is 1. The Morgan fingerprint density at radius 3 is 3.14 bits per heavy atom. The Bertz CT molecular complexity index is 346. The van der Waals surface area contributed by atoms with Gasteiger partial charge in [0.25, 0.3) is 0 Å². The van der Waals surface area contributed by atoms with Crippen molar-refractivity contribution < 1.29 is 4.74 Å². The summed E-state index contributed by atoms with van der Waals surface area (Å²) in [6.45, 7) is 0.428. The number of rotatable bonds is 2. The number of halogens is 1. The van der Waals surface area contributed by atoms with Gasteiger partial charge in [0, 0.05) is 7.11 Å². The molecule has 2 rings (SSSR count). The third-order valence-electron chi connectivity index (χ3n) is 2.02. The van der Waals surface area contributed by atoms with Gasteiger partial charge in [0.1, 0.15) is 11.8 Å². The van der Waals surface area contributed by atoms with E-state index in [1.807, 2.05) is 0 Å². The van der Waals surface area contributed by atoms with Crippen LogP contribution < -0.4 is 0 Å². The third-order valence-corrected chi connectivity index (χ3v) is 3.61. The molecule has 1 aliphatic heterocycles. The number of methoxy groups -OCH3 is 1. The van der Waals surface area contributed by atoms with E-state index in [9.17, 15) is 0 Å². The molecule has 0 bridgehead atoms. The summed E-state index contributed by atoms with van der Waals surface area (Å²) in [5.74, 6) is 1.79. The summed E-state index contributed by atoms with van der Waals surface area (Å²) >= 11 is 7.80. The van der Waals surface area contributed by atoms with Crippen LogP contribution >= 0.6 is 23.4 Å². The first-order valence-electron chi connectivity index (χ1n) is 4.48. The lowest BCUT2D eigenvalue weighted by Gasteiger charge is -2.15. The molecule has 0 amide bonds. The Labute approximate surface area is 92.2 Å². The molecule has 0 aliphatic carbocycles. The van der Waals surface area contributed by atoms with E-state index in [4.69, 9.17) is 16.3 Å². The number of nitrogens with zero attached hydrogens (tertiary/aromatic N) is 2. The molecular formula is C9H11ClN2OS. The second kappa shape index (κ2) is 4.47. The van der Waals surface area contributed by atoms with Crippen LogP contribution in [-0.4, -0.2) is 22.8 Å². The van der Waals surface area contributed by atoms with Crippen LogP contribution in [0.3, 0.4) is 0 Å². The smallest absolute Gasteiger partial charge is 0.156 e. The van der Waals surface area contributed by atoms with Gasteiger partial charge in [-0.05, 0) is 18.6 Å². The molecule has 0 fully saturated rings. The minimum Gasteiger partial charge on any atom is -0.377 e. The van der Waals surface area contributed by atoms with Gasteiger partial charge in [-0.3, -0.25) is 0 Å². The molecule has 0 unspecified atom stereocenters. The molecule has 0 spiro atoms. The first kappa shape index (κ1) is 10.2. The molecule has 2 heterocycles. The molecule has 0 aromatic carbocycles. The molecule has 0 radical (unpaired) electrons. The van der Waals surface area contributed by atoms with Gasteiger partial charge < -0.3 is 4.74 Å². The van der Waals surface area contributed by atoms with Gasteiger partial charge in [0.2, 0.25) is 0 Å². The number of aryl methyl sites for hydroxylation is 1. The highest BCUT2D eigenvalue weighted by molar-refractivity contribution is 7.99. The van der Waals surface area contributed by atoms with Gasteiger partial charge in [-0.25, -0.2) is 9.97 Å². The normalized spacial score (nSPS) is 15.3. The van der Waals surface area contributed by atoms with Crippen LogP contribution in [0.1, 0.15) is 17.9 Å². The molecule has 1 aromatic heterocycles. The van der Waals surface area contributed by atoms with Crippen molar-refractivity contribution >= 4 is 23.4 Å². The number of hydrogen-bond donors (Lipinski definition) is 0. The predicted octanol–water partition coefficient (Wildman–Crippen LogP) is 2.31. The fourth-order valence-electron chi connectivity index (χ4n) is 1.43. The van der Waals surface area contributed by atoms with Crippen molar-refractivity contribution in [2.75, 3.05) is 12.9 Å². The zero-order valence-corrected chi connectivity index (χ0v) is 9.49. The van der Waals surface area contributed by atoms with Crippen molar-refractivity contribution in [3.8, 4) is 0 Å². The molecule has 5 heteroatoms. The molecule has 1 aromatic rings. The minimum absolute atomic E-state index is 0.428. The summed E-state index contributed by atoms with van der Waals surface area (Å²) in [6, 6.07) is 0. The molecular weight excluding hydrogens is 220 g/mol. The zero-order chi connectivity index (χ0) is 9.97. The lowest BCUT2D eigenvalue weighted by Crippen LogP contribution is -2.07. The molecule has 0 N–H and O–H groups in total. The molecule has 0 saturated heterocycles. The van der Waals surface area contributed by atoms with Crippen LogP contribution in [0.2, 0.25) is 5.15 Å². The fourth-order valence-corrected chi connectivity index (χ4v) is 2.78. The van der Waals surface area contributed by atoms with E-state index >= 15 is 0 Å². The van der Waals surface area contributed by atoms with E-state index in [2.05, 4.69) is 9.97 Å². The van der Waals surface area contributed by atoms with Crippen LogP contribution in [0.4, 0.5) is 0 Å². The van der Waals surface area contributed by atoms with E-state index < -0.39 is 0 Å². The van der Waals surface area contributed by atoms with Crippen molar-refractivity contribution in [2.24, 2.45) is 0 Å². The monoisotopic (exact) mass is 230 g/mol. The van der Waals surface area contributed by atoms with Crippen LogP contribution in [-0.2, 0) is 17.8 Å². The van der Waals surface area contributed by atoms with Crippen LogP contribution in [0.25, 0.3) is 0 Å². The lowest BCUT2D eigenvalue weighted by molar-refractivity contribution is 0.177. The number of thioether (sulfide) groups is 1. The molecule has 76 valence electrons. The molecule has 3 nitrogen and oxygen atoms in total. The highest BCUT2D eigenvalue weighted by Gasteiger charge is 2.16. The second-order valence-corrected chi connectivity index (χ2v) is 4.55. The maximum Gasteiger partial charge on any atom is 0.156 e. The first-order valence-corrected chi connectivity index (χ1v) is 5.84. The Balaban J connectivity index is 2.36. The maximum atomic E-state index is 6.06. The topological polar surface area (TPSA) is 35.0 Å². The summed E-state index contributed by atoms with van der Waals surface area (Å²) in [5.41, 5.74) is 1.08. The predicted molar refractivity (Wildman–Crippen MR) is 56.8 cm³/mol. The van der Waals surface area contributed by atoms with Gasteiger partial charge in [-0.1, -0.05) is 11.6 Å². The average molecular weight is 231 g/mol. The van der Waals surface area contributed by atoms with Crippen molar-refractivity contribution in [2.45, 2.75) is 24.3 Å². The summed E-state index contributed by atoms with van der Waals surface area (Å²) in [5, 5.41) is 0.576. The minimum atomic E-state index is 0.428. The molecule has 1 aliphatic rings. The highest BCUT2D eigenvalue weighted by Crippen LogP contribution is 2.33. The van der Waals surface area contributed by atoms with Crippen molar-refractivity contribution in [3.05, 3.63) is 16.7 Å². The standard InChI is InChI=1S/C9H11ClN2OS/c1-13-5-7-11-6-3-2-4-14-8(6)9(10)12-7/h2-5H2,1H3. The Kier molecular flexibility index (Phi) is 3.26. The highest BCUT2D eigenvalue weighted by atomic mass is 35.5. The fraction of sp³-hybridized carbons (Fsp3) is 0.556. The molecule has 0 atom stereocenters. The van der Waals surface area contributed by atoms with Crippen molar-refractivity contribution in [3.63, 3.8) is 0 Å². The maximum absolute atomic E-state index is 6.06. The Morgan fingerprint density at radius 2 is 2.36 bits per heavy atom. The lowest BCUT2D eigenvalue weighted by atomic mass is 10.2. The largest absolute Gasteiger partial charge is 0.377 e. The van der Waals surface area contributed by atoms with Gasteiger partial charge in [-0.15, -0.1) is 11.8 Å². The molecule has 0 saturated carbocycles. The Hall–Kier alpha value is -0.320. The summed E-state index contributed by atoms with van der Waals surface area (Å²) in [4.78, 5) is 9.66. The first-order chi connectivity index (χ1) is 6.81. The van der Waals surface area contributed by atoms with Crippen molar-refractivity contribution in [1.82, 2.24) is 9.97 Å². The second-order valence-electron chi connectivity index (χ2n) is 3.09. The van der Waals surface area contributed by atoms with Crippen LogP contribution in [0, 0.1) is 0 Å².